The number of hydrogen-bond donors (Lipinski definition) is 1. The Bertz CT molecular complexity index is 1130. The van der Waals surface area contributed by atoms with E-state index < -0.39 is 0 Å². The standard InChI is InChI=1S/C17H12N6OS/c1-9-16(25-22-19-9)15-13(17(24)21-20-15)6-11-8-23(2)14-4-3-10(7-18)5-12(11)14/h3-6,8H,1-2H3,(H,21,24)/b13-6-. The highest BCUT2D eigenvalue weighted by Gasteiger charge is 2.27. The molecular weight excluding hydrogens is 336 g/mol. The van der Waals surface area contributed by atoms with Crippen LogP contribution in [0.15, 0.2) is 35.1 Å². The van der Waals surface area contributed by atoms with Crippen LogP contribution in [0.4, 0.5) is 0 Å². The van der Waals surface area contributed by atoms with Gasteiger partial charge in [0.25, 0.3) is 5.91 Å². The molecule has 0 spiro atoms. The maximum Gasteiger partial charge on any atom is 0.273 e. The Labute approximate surface area is 147 Å². The summed E-state index contributed by atoms with van der Waals surface area (Å²) in [5.41, 5.74) is 6.66. The van der Waals surface area contributed by atoms with Gasteiger partial charge in [-0.3, -0.25) is 4.79 Å². The molecule has 1 N–H and O–H groups in total. The van der Waals surface area contributed by atoms with Gasteiger partial charge in [0, 0.05) is 29.7 Å². The third-order valence-electron chi connectivity index (χ3n) is 4.08. The van der Waals surface area contributed by atoms with Crippen molar-refractivity contribution in [2.45, 2.75) is 6.92 Å². The number of hydrogen-bond acceptors (Lipinski definition) is 6. The maximum absolute atomic E-state index is 12.3. The quantitative estimate of drug-likeness (QED) is 0.718. The summed E-state index contributed by atoms with van der Waals surface area (Å²) in [6.45, 7) is 1.83. The van der Waals surface area contributed by atoms with Crippen LogP contribution in [-0.4, -0.2) is 25.8 Å². The molecule has 4 rings (SSSR count). The minimum absolute atomic E-state index is 0.267. The molecular formula is C17H12N6OS. The summed E-state index contributed by atoms with van der Waals surface area (Å²) in [5.74, 6) is -0.267. The Morgan fingerprint density at radius 3 is 2.96 bits per heavy atom. The van der Waals surface area contributed by atoms with E-state index in [0.29, 0.717) is 16.8 Å². The zero-order valence-electron chi connectivity index (χ0n) is 13.4. The monoisotopic (exact) mass is 348 g/mol. The third kappa shape index (κ3) is 2.42. The number of aryl methyl sites for hydroxylation is 2. The van der Waals surface area contributed by atoms with E-state index in [9.17, 15) is 4.79 Å². The first-order chi connectivity index (χ1) is 12.1. The number of nitrogens with zero attached hydrogens (tertiary/aromatic N) is 5. The van der Waals surface area contributed by atoms with E-state index in [4.69, 9.17) is 5.26 Å². The second-order valence-electron chi connectivity index (χ2n) is 5.69. The van der Waals surface area contributed by atoms with E-state index in [1.807, 2.05) is 36.9 Å². The maximum atomic E-state index is 12.3. The van der Waals surface area contributed by atoms with E-state index in [2.05, 4.69) is 26.2 Å². The number of nitrogens with one attached hydrogen (secondary N) is 1. The van der Waals surface area contributed by atoms with Gasteiger partial charge in [-0.1, -0.05) is 4.49 Å². The molecule has 1 aliphatic rings. The molecule has 0 saturated heterocycles. The van der Waals surface area contributed by atoms with Crippen LogP contribution in [0.3, 0.4) is 0 Å². The van der Waals surface area contributed by atoms with Crippen LogP contribution in [0.1, 0.15) is 21.7 Å². The van der Waals surface area contributed by atoms with Gasteiger partial charge in [0.05, 0.1) is 27.8 Å². The van der Waals surface area contributed by atoms with Crippen molar-refractivity contribution >= 4 is 40.1 Å². The lowest BCUT2D eigenvalue weighted by Gasteiger charge is -1.99. The van der Waals surface area contributed by atoms with Crippen molar-refractivity contribution in [3.05, 3.63) is 51.7 Å². The average Bonchev–Trinajstić information content (AvgIpc) is 3.27. The number of rotatable bonds is 2. The number of carbonyl (C=O) groups excluding carboxylic acids is 1. The Balaban J connectivity index is 1.89. The molecule has 122 valence electrons. The number of nitriles is 1. The fourth-order valence-electron chi connectivity index (χ4n) is 2.85. The van der Waals surface area contributed by atoms with Gasteiger partial charge < -0.3 is 4.57 Å². The van der Waals surface area contributed by atoms with E-state index >= 15 is 0 Å². The average molecular weight is 348 g/mol. The van der Waals surface area contributed by atoms with Gasteiger partial charge >= 0.3 is 0 Å². The summed E-state index contributed by atoms with van der Waals surface area (Å²) in [6.07, 6.45) is 3.73. The normalized spacial score (nSPS) is 15.5. The molecule has 0 bridgehead atoms. The van der Waals surface area contributed by atoms with Crippen LogP contribution in [0.5, 0.6) is 0 Å². The lowest BCUT2D eigenvalue weighted by Crippen LogP contribution is -2.13. The summed E-state index contributed by atoms with van der Waals surface area (Å²) in [7, 11) is 1.93. The number of benzene rings is 1. The van der Waals surface area contributed by atoms with Crippen LogP contribution in [0.2, 0.25) is 0 Å². The van der Waals surface area contributed by atoms with E-state index in [0.717, 1.165) is 27.0 Å². The van der Waals surface area contributed by atoms with Crippen molar-refractivity contribution in [3.63, 3.8) is 0 Å². The molecule has 2 aromatic heterocycles. The van der Waals surface area contributed by atoms with Crippen molar-refractivity contribution in [1.29, 1.82) is 5.26 Å². The minimum atomic E-state index is -0.267. The second kappa shape index (κ2) is 5.65. The molecule has 25 heavy (non-hydrogen) atoms. The fourth-order valence-corrected chi connectivity index (χ4v) is 3.51. The van der Waals surface area contributed by atoms with Gasteiger partial charge in [0.2, 0.25) is 0 Å². The van der Waals surface area contributed by atoms with Crippen molar-refractivity contribution in [2.24, 2.45) is 12.1 Å². The van der Waals surface area contributed by atoms with Crippen LogP contribution in [0, 0.1) is 18.3 Å². The van der Waals surface area contributed by atoms with Gasteiger partial charge in [-0.25, -0.2) is 5.43 Å². The summed E-state index contributed by atoms with van der Waals surface area (Å²) < 4.78 is 5.88. The number of hydrazone groups is 1. The van der Waals surface area contributed by atoms with E-state index in [-0.39, 0.29) is 5.91 Å². The highest BCUT2D eigenvalue weighted by molar-refractivity contribution is 7.08. The first kappa shape index (κ1) is 15.2. The van der Waals surface area contributed by atoms with Crippen molar-refractivity contribution in [1.82, 2.24) is 19.6 Å². The van der Waals surface area contributed by atoms with Gasteiger partial charge in [0.1, 0.15) is 5.71 Å². The Morgan fingerprint density at radius 1 is 1.40 bits per heavy atom. The molecule has 7 nitrogen and oxygen atoms in total. The van der Waals surface area contributed by atoms with Crippen molar-refractivity contribution in [3.8, 4) is 6.07 Å². The predicted octanol–water partition coefficient (Wildman–Crippen LogP) is 2.13. The fraction of sp³-hybridized carbons (Fsp3) is 0.118. The number of amides is 1. The number of aromatic nitrogens is 3. The topological polar surface area (TPSA) is 96.0 Å². The first-order valence-electron chi connectivity index (χ1n) is 7.47. The molecule has 1 aliphatic heterocycles. The van der Waals surface area contributed by atoms with Crippen LogP contribution < -0.4 is 5.43 Å². The number of fused-ring (bicyclic) bond motifs is 1. The molecule has 0 radical (unpaired) electrons. The molecule has 1 amide bonds. The van der Waals surface area contributed by atoms with Crippen molar-refractivity contribution in [2.75, 3.05) is 0 Å². The molecule has 0 atom stereocenters. The summed E-state index contributed by atoms with van der Waals surface area (Å²) in [5, 5.41) is 18.2. The highest BCUT2D eigenvalue weighted by atomic mass is 32.1. The summed E-state index contributed by atoms with van der Waals surface area (Å²) in [4.78, 5) is 13.0. The van der Waals surface area contributed by atoms with Crippen LogP contribution in [-0.2, 0) is 11.8 Å². The molecule has 3 heterocycles. The van der Waals surface area contributed by atoms with E-state index in [1.165, 1.54) is 11.5 Å². The molecule has 8 heteroatoms. The van der Waals surface area contributed by atoms with Gasteiger partial charge in [-0.15, -0.1) is 5.10 Å². The van der Waals surface area contributed by atoms with Gasteiger partial charge in [-0.05, 0) is 42.7 Å². The zero-order chi connectivity index (χ0) is 17.6. The Morgan fingerprint density at radius 2 is 2.24 bits per heavy atom. The second-order valence-corrected chi connectivity index (χ2v) is 6.44. The van der Waals surface area contributed by atoms with Gasteiger partial charge in [-0.2, -0.15) is 10.4 Å². The molecule has 0 fully saturated rings. The highest BCUT2D eigenvalue weighted by Crippen LogP contribution is 2.27. The van der Waals surface area contributed by atoms with Crippen molar-refractivity contribution < 1.29 is 4.79 Å². The lowest BCUT2D eigenvalue weighted by atomic mass is 10.0. The predicted molar refractivity (Wildman–Crippen MR) is 94.9 cm³/mol. The number of carbonyl (C=O) groups is 1. The smallest absolute Gasteiger partial charge is 0.273 e. The minimum Gasteiger partial charge on any atom is -0.350 e. The first-order valence-corrected chi connectivity index (χ1v) is 8.24. The third-order valence-corrected chi connectivity index (χ3v) is 4.92. The Kier molecular flexibility index (Phi) is 3.44. The van der Waals surface area contributed by atoms with E-state index in [1.54, 1.807) is 12.1 Å². The molecule has 1 aromatic carbocycles. The van der Waals surface area contributed by atoms with Crippen LogP contribution in [0.25, 0.3) is 17.0 Å². The molecule has 0 saturated carbocycles. The lowest BCUT2D eigenvalue weighted by molar-refractivity contribution is -0.116. The van der Waals surface area contributed by atoms with Crippen LogP contribution >= 0.6 is 11.5 Å². The summed E-state index contributed by atoms with van der Waals surface area (Å²) >= 11 is 1.20. The molecule has 0 aliphatic carbocycles. The largest absolute Gasteiger partial charge is 0.350 e. The Hall–Kier alpha value is -3.31. The SMILES string of the molecule is Cc1nnsc1C1=NNC(=O)/C1=C\c1cn(C)c2ccc(C#N)cc12. The summed E-state index contributed by atoms with van der Waals surface area (Å²) in [6, 6.07) is 7.65. The zero-order valence-corrected chi connectivity index (χ0v) is 14.3. The van der Waals surface area contributed by atoms with Gasteiger partial charge in [0.15, 0.2) is 0 Å². The molecule has 3 aromatic rings. The molecule has 0 unspecified atom stereocenters.